The minimum absolute atomic E-state index is 0.0776. The highest BCUT2D eigenvalue weighted by Crippen LogP contribution is 2.31. The van der Waals surface area contributed by atoms with Crippen molar-refractivity contribution in [3.8, 4) is 0 Å². The van der Waals surface area contributed by atoms with Crippen LogP contribution in [0, 0.1) is 11.7 Å². The fraction of sp³-hybridized carbons (Fsp3) is 0.417. The zero-order valence-electron chi connectivity index (χ0n) is 9.03. The van der Waals surface area contributed by atoms with Crippen molar-refractivity contribution in [2.75, 3.05) is 0 Å². The normalized spacial score (nSPS) is 23.2. The Morgan fingerprint density at radius 3 is 2.82 bits per heavy atom. The van der Waals surface area contributed by atoms with Crippen LogP contribution in [0.4, 0.5) is 4.39 Å². The summed E-state index contributed by atoms with van der Waals surface area (Å²) >= 11 is 5.63. The molecule has 0 saturated heterocycles. The lowest BCUT2D eigenvalue weighted by molar-refractivity contribution is -0.151. The van der Waals surface area contributed by atoms with Gasteiger partial charge in [-0.05, 0) is 25.0 Å². The second kappa shape index (κ2) is 5.02. The van der Waals surface area contributed by atoms with Crippen molar-refractivity contribution in [3.05, 3.63) is 34.6 Å². The summed E-state index contributed by atoms with van der Waals surface area (Å²) in [5.41, 5.74) is 0.438. The predicted octanol–water partition coefficient (Wildman–Crippen LogP) is 2.86. The Balaban J connectivity index is 1.81. The van der Waals surface area contributed by atoms with Crippen LogP contribution in [0.25, 0.3) is 0 Å². The van der Waals surface area contributed by atoms with Gasteiger partial charge in [-0.3, -0.25) is 4.79 Å². The van der Waals surface area contributed by atoms with E-state index < -0.39 is 11.8 Å². The average molecular weight is 259 g/mol. The molecule has 92 valence electrons. The van der Waals surface area contributed by atoms with E-state index in [-0.39, 0.29) is 18.6 Å². The first-order chi connectivity index (χ1) is 8.06. The zero-order valence-corrected chi connectivity index (χ0v) is 9.78. The van der Waals surface area contributed by atoms with Crippen LogP contribution in [-0.4, -0.2) is 17.2 Å². The SMILES string of the molecule is O=C(O)C1CC(OCc2ccc(Cl)cc2F)C1. The van der Waals surface area contributed by atoms with Crippen molar-refractivity contribution in [3.63, 3.8) is 0 Å². The quantitative estimate of drug-likeness (QED) is 0.903. The summed E-state index contributed by atoms with van der Waals surface area (Å²) in [4.78, 5) is 10.6. The van der Waals surface area contributed by atoms with Gasteiger partial charge in [0.1, 0.15) is 5.82 Å². The van der Waals surface area contributed by atoms with Crippen LogP contribution in [-0.2, 0) is 16.1 Å². The molecule has 2 rings (SSSR count). The third-order valence-electron chi connectivity index (χ3n) is 2.93. The molecule has 17 heavy (non-hydrogen) atoms. The third kappa shape index (κ3) is 2.96. The van der Waals surface area contributed by atoms with E-state index in [4.69, 9.17) is 21.4 Å². The first-order valence-corrected chi connectivity index (χ1v) is 5.72. The monoisotopic (exact) mass is 258 g/mol. The molecule has 0 bridgehead atoms. The van der Waals surface area contributed by atoms with Crippen LogP contribution in [0.15, 0.2) is 18.2 Å². The molecule has 1 aromatic rings. The summed E-state index contributed by atoms with van der Waals surface area (Å²) in [6.45, 7) is 0.153. The summed E-state index contributed by atoms with van der Waals surface area (Å²) in [6.07, 6.45) is 0.931. The Bertz CT molecular complexity index is 430. The van der Waals surface area contributed by atoms with E-state index in [0.29, 0.717) is 23.4 Å². The molecule has 0 spiro atoms. The average Bonchev–Trinajstić information content (AvgIpc) is 2.17. The van der Waals surface area contributed by atoms with E-state index in [1.165, 1.54) is 6.07 Å². The minimum Gasteiger partial charge on any atom is -0.481 e. The molecule has 1 aliphatic rings. The summed E-state index contributed by atoms with van der Waals surface area (Å²) < 4.78 is 18.8. The van der Waals surface area contributed by atoms with Crippen LogP contribution < -0.4 is 0 Å². The van der Waals surface area contributed by atoms with Crippen molar-refractivity contribution < 1.29 is 19.0 Å². The van der Waals surface area contributed by atoms with Gasteiger partial charge in [0, 0.05) is 10.6 Å². The van der Waals surface area contributed by atoms with Crippen molar-refractivity contribution >= 4 is 17.6 Å². The number of halogens is 2. The fourth-order valence-electron chi connectivity index (χ4n) is 1.75. The smallest absolute Gasteiger partial charge is 0.306 e. The van der Waals surface area contributed by atoms with Crippen molar-refractivity contribution in [1.82, 2.24) is 0 Å². The van der Waals surface area contributed by atoms with Crippen LogP contribution in [0.3, 0.4) is 0 Å². The summed E-state index contributed by atoms with van der Waals surface area (Å²) in [5.74, 6) is -1.50. The first-order valence-electron chi connectivity index (χ1n) is 5.34. The third-order valence-corrected chi connectivity index (χ3v) is 3.17. The molecule has 1 fully saturated rings. The maximum atomic E-state index is 13.4. The number of benzene rings is 1. The van der Waals surface area contributed by atoms with E-state index in [1.807, 2.05) is 0 Å². The number of rotatable bonds is 4. The van der Waals surface area contributed by atoms with E-state index in [0.717, 1.165) is 0 Å². The Kier molecular flexibility index (Phi) is 3.64. The maximum Gasteiger partial charge on any atom is 0.306 e. The number of hydrogen-bond acceptors (Lipinski definition) is 2. The molecule has 0 heterocycles. The van der Waals surface area contributed by atoms with Gasteiger partial charge in [-0.25, -0.2) is 4.39 Å². The molecule has 0 atom stereocenters. The second-order valence-corrected chi connectivity index (χ2v) is 4.61. The number of carboxylic acid groups (broad SMARTS) is 1. The van der Waals surface area contributed by atoms with Gasteiger partial charge in [-0.1, -0.05) is 17.7 Å². The Morgan fingerprint density at radius 2 is 2.24 bits per heavy atom. The summed E-state index contributed by atoms with van der Waals surface area (Å²) in [7, 11) is 0. The lowest BCUT2D eigenvalue weighted by atomic mass is 9.82. The van der Waals surface area contributed by atoms with Crippen LogP contribution in [0.5, 0.6) is 0 Å². The number of hydrogen-bond donors (Lipinski definition) is 1. The van der Waals surface area contributed by atoms with Gasteiger partial charge >= 0.3 is 5.97 Å². The highest BCUT2D eigenvalue weighted by molar-refractivity contribution is 6.30. The van der Waals surface area contributed by atoms with Gasteiger partial charge in [0.05, 0.1) is 18.6 Å². The topological polar surface area (TPSA) is 46.5 Å². The summed E-state index contributed by atoms with van der Waals surface area (Å²) in [5, 5.41) is 9.03. The van der Waals surface area contributed by atoms with Gasteiger partial charge < -0.3 is 9.84 Å². The molecule has 1 saturated carbocycles. The molecule has 1 N–H and O–H groups in total. The van der Waals surface area contributed by atoms with Crippen molar-refractivity contribution in [2.24, 2.45) is 5.92 Å². The number of aliphatic carboxylic acids is 1. The van der Waals surface area contributed by atoms with E-state index >= 15 is 0 Å². The van der Waals surface area contributed by atoms with Crippen molar-refractivity contribution in [1.29, 1.82) is 0 Å². The molecule has 0 aromatic heterocycles. The lowest BCUT2D eigenvalue weighted by Gasteiger charge is -2.32. The lowest BCUT2D eigenvalue weighted by Crippen LogP contribution is -2.36. The Hall–Kier alpha value is -1.13. The van der Waals surface area contributed by atoms with E-state index in [9.17, 15) is 9.18 Å². The van der Waals surface area contributed by atoms with Crippen LogP contribution >= 0.6 is 11.6 Å². The molecule has 0 radical (unpaired) electrons. The molecule has 1 aliphatic carbocycles. The first kappa shape index (κ1) is 12.3. The molecule has 0 amide bonds. The second-order valence-electron chi connectivity index (χ2n) is 4.18. The molecule has 0 unspecified atom stereocenters. The maximum absolute atomic E-state index is 13.4. The van der Waals surface area contributed by atoms with Crippen LogP contribution in [0.2, 0.25) is 5.02 Å². The van der Waals surface area contributed by atoms with E-state index in [2.05, 4.69) is 0 Å². The van der Waals surface area contributed by atoms with Gasteiger partial charge in [-0.2, -0.15) is 0 Å². The summed E-state index contributed by atoms with van der Waals surface area (Å²) in [6, 6.07) is 4.41. The number of carboxylic acids is 1. The Morgan fingerprint density at radius 1 is 1.53 bits per heavy atom. The zero-order chi connectivity index (χ0) is 12.4. The van der Waals surface area contributed by atoms with Gasteiger partial charge in [0.2, 0.25) is 0 Å². The van der Waals surface area contributed by atoms with Crippen LogP contribution in [0.1, 0.15) is 18.4 Å². The van der Waals surface area contributed by atoms with Gasteiger partial charge in [-0.15, -0.1) is 0 Å². The predicted molar refractivity (Wildman–Crippen MR) is 60.3 cm³/mol. The standard InChI is InChI=1S/C12H12ClFO3/c13-9-2-1-7(11(14)5-9)6-17-10-3-8(4-10)12(15)16/h1-2,5,8,10H,3-4,6H2,(H,15,16). The largest absolute Gasteiger partial charge is 0.481 e. The van der Waals surface area contributed by atoms with Gasteiger partial charge in [0.15, 0.2) is 0 Å². The Labute approximate surface area is 103 Å². The minimum atomic E-state index is -0.789. The fourth-order valence-corrected chi connectivity index (χ4v) is 1.91. The van der Waals surface area contributed by atoms with E-state index in [1.54, 1.807) is 12.1 Å². The molecular formula is C12H12ClFO3. The van der Waals surface area contributed by atoms with Crippen molar-refractivity contribution in [2.45, 2.75) is 25.6 Å². The molecule has 0 aliphatic heterocycles. The molecule has 1 aromatic carbocycles. The highest BCUT2D eigenvalue weighted by Gasteiger charge is 2.35. The number of ether oxygens (including phenoxy) is 1. The highest BCUT2D eigenvalue weighted by atomic mass is 35.5. The molecular weight excluding hydrogens is 247 g/mol. The molecule has 5 heteroatoms. The number of carbonyl (C=O) groups is 1. The molecule has 3 nitrogen and oxygen atoms in total. The van der Waals surface area contributed by atoms with Gasteiger partial charge in [0.25, 0.3) is 0 Å².